The van der Waals surface area contributed by atoms with Crippen molar-refractivity contribution in [2.45, 2.75) is 11.3 Å². The van der Waals surface area contributed by atoms with Gasteiger partial charge in [0.25, 0.3) is 0 Å². The van der Waals surface area contributed by atoms with Crippen molar-refractivity contribution in [2.75, 3.05) is 6.54 Å². The van der Waals surface area contributed by atoms with Crippen molar-refractivity contribution in [1.82, 2.24) is 19.7 Å². The fourth-order valence-corrected chi connectivity index (χ4v) is 2.71. The molecule has 9 heteroatoms. The van der Waals surface area contributed by atoms with Gasteiger partial charge in [-0.2, -0.15) is 0 Å². The van der Waals surface area contributed by atoms with Crippen molar-refractivity contribution in [3.05, 3.63) is 40.7 Å². The van der Waals surface area contributed by atoms with Gasteiger partial charge in [0.2, 0.25) is 10.0 Å². The van der Waals surface area contributed by atoms with Crippen molar-refractivity contribution in [1.29, 1.82) is 0 Å². The van der Waals surface area contributed by atoms with Crippen molar-refractivity contribution in [2.24, 2.45) is 0 Å². The van der Waals surface area contributed by atoms with Crippen molar-refractivity contribution in [3.8, 4) is 0 Å². The summed E-state index contributed by atoms with van der Waals surface area (Å²) >= 11 is 11.4. The zero-order valence-corrected chi connectivity index (χ0v) is 11.9. The fourth-order valence-electron chi connectivity index (χ4n) is 1.38. The van der Waals surface area contributed by atoms with E-state index < -0.39 is 10.0 Å². The quantitative estimate of drug-likeness (QED) is 0.820. The van der Waals surface area contributed by atoms with Crippen molar-refractivity contribution >= 4 is 33.2 Å². The van der Waals surface area contributed by atoms with Gasteiger partial charge in [0.15, 0.2) is 0 Å². The third-order valence-corrected chi connectivity index (χ3v) is 4.44. The highest BCUT2D eigenvalue weighted by Gasteiger charge is 2.15. The zero-order chi connectivity index (χ0) is 13.9. The molecule has 0 radical (unpaired) electrons. The first kappa shape index (κ1) is 14.3. The lowest BCUT2D eigenvalue weighted by Gasteiger charge is -2.06. The van der Waals surface area contributed by atoms with Gasteiger partial charge in [-0.1, -0.05) is 23.2 Å². The maximum atomic E-state index is 11.9. The first-order chi connectivity index (χ1) is 8.99. The molecule has 19 heavy (non-hydrogen) atoms. The number of hydrogen-bond donors (Lipinski definition) is 2. The average molecular weight is 321 g/mol. The highest BCUT2D eigenvalue weighted by molar-refractivity contribution is 7.89. The lowest BCUT2D eigenvalue weighted by atomic mass is 10.3. The van der Waals surface area contributed by atoms with Gasteiger partial charge in [0, 0.05) is 31.1 Å². The predicted octanol–water partition coefficient (Wildman–Crippen LogP) is 1.63. The van der Waals surface area contributed by atoms with E-state index >= 15 is 0 Å². The van der Waals surface area contributed by atoms with E-state index in [1.54, 1.807) is 6.20 Å². The number of rotatable bonds is 5. The molecule has 2 N–H and O–H groups in total. The standard InChI is InChI=1S/C10H10Cl2N4O2S/c11-9-3-8(5-14-10(9)12)19(17,18)16-2-1-7-4-13-6-15-7/h3-6,16H,1-2H2,(H,13,15). The molecule has 0 aliphatic rings. The molecule has 0 aliphatic heterocycles. The summed E-state index contributed by atoms with van der Waals surface area (Å²) in [4.78, 5) is 10.4. The Morgan fingerprint density at radius 2 is 2.11 bits per heavy atom. The van der Waals surface area contributed by atoms with E-state index in [9.17, 15) is 8.42 Å². The topological polar surface area (TPSA) is 87.7 Å². The Morgan fingerprint density at radius 3 is 2.74 bits per heavy atom. The van der Waals surface area contributed by atoms with Crippen molar-refractivity contribution < 1.29 is 8.42 Å². The summed E-state index contributed by atoms with van der Waals surface area (Å²) in [5.74, 6) is 0. The van der Waals surface area contributed by atoms with Crippen LogP contribution in [-0.2, 0) is 16.4 Å². The fraction of sp³-hybridized carbons (Fsp3) is 0.200. The molecule has 0 aromatic carbocycles. The third-order valence-electron chi connectivity index (χ3n) is 2.32. The molecule has 0 fully saturated rings. The van der Waals surface area contributed by atoms with Crippen LogP contribution in [0.15, 0.2) is 29.7 Å². The summed E-state index contributed by atoms with van der Waals surface area (Å²) in [6, 6.07) is 1.26. The number of pyridine rings is 1. The molecule has 0 bridgehead atoms. The van der Waals surface area contributed by atoms with E-state index in [4.69, 9.17) is 23.2 Å². The van der Waals surface area contributed by atoms with E-state index in [1.165, 1.54) is 12.4 Å². The molecule has 0 saturated heterocycles. The van der Waals surface area contributed by atoms with E-state index in [1.807, 2.05) is 0 Å². The Hall–Kier alpha value is -1.15. The lowest BCUT2D eigenvalue weighted by Crippen LogP contribution is -2.26. The van der Waals surface area contributed by atoms with Crippen LogP contribution in [0.3, 0.4) is 0 Å². The Morgan fingerprint density at radius 1 is 1.32 bits per heavy atom. The molecule has 0 unspecified atom stereocenters. The highest BCUT2D eigenvalue weighted by atomic mass is 35.5. The largest absolute Gasteiger partial charge is 0.348 e. The molecule has 2 aromatic rings. The van der Waals surface area contributed by atoms with Gasteiger partial charge in [-0.25, -0.2) is 23.1 Å². The van der Waals surface area contributed by atoms with Gasteiger partial charge in [0.05, 0.1) is 11.3 Å². The number of halogens is 2. The number of hydrogen-bond acceptors (Lipinski definition) is 4. The number of aromatic nitrogens is 3. The van der Waals surface area contributed by atoms with Gasteiger partial charge < -0.3 is 4.98 Å². The van der Waals surface area contributed by atoms with Gasteiger partial charge >= 0.3 is 0 Å². The number of nitrogens with one attached hydrogen (secondary N) is 2. The second-order valence-electron chi connectivity index (χ2n) is 3.67. The molecular weight excluding hydrogens is 311 g/mol. The zero-order valence-electron chi connectivity index (χ0n) is 9.60. The average Bonchev–Trinajstić information content (AvgIpc) is 2.85. The lowest BCUT2D eigenvalue weighted by molar-refractivity contribution is 0.581. The molecule has 2 aromatic heterocycles. The summed E-state index contributed by atoms with van der Waals surface area (Å²) in [7, 11) is -3.64. The van der Waals surface area contributed by atoms with Gasteiger partial charge in [-0.05, 0) is 6.07 Å². The van der Waals surface area contributed by atoms with Gasteiger partial charge in [-0.15, -0.1) is 0 Å². The number of H-pyrrole nitrogens is 1. The van der Waals surface area contributed by atoms with Crippen LogP contribution >= 0.6 is 23.2 Å². The van der Waals surface area contributed by atoms with Crippen LogP contribution < -0.4 is 4.72 Å². The van der Waals surface area contributed by atoms with Crippen LogP contribution in [0.5, 0.6) is 0 Å². The summed E-state index contributed by atoms with van der Waals surface area (Å²) in [5, 5.41) is 0.163. The highest BCUT2D eigenvalue weighted by Crippen LogP contribution is 2.21. The molecule has 0 amide bonds. The minimum absolute atomic E-state index is 0.0217. The Labute approximate surface area is 120 Å². The minimum atomic E-state index is -3.64. The number of imidazole rings is 1. The van der Waals surface area contributed by atoms with Crippen molar-refractivity contribution in [3.63, 3.8) is 0 Å². The Bertz CT molecular complexity index is 658. The molecule has 6 nitrogen and oxygen atoms in total. The first-order valence-corrected chi connectivity index (χ1v) is 7.51. The maximum Gasteiger partial charge on any atom is 0.242 e. The van der Waals surface area contributed by atoms with Gasteiger partial charge in [-0.3, -0.25) is 0 Å². The van der Waals surface area contributed by atoms with E-state index in [2.05, 4.69) is 19.7 Å². The summed E-state index contributed by atoms with van der Waals surface area (Å²) in [6.45, 7) is 0.241. The van der Waals surface area contributed by atoms with E-state index in [0.717, 1.165) is 11.9 Å². The normalized spacial score (nSPS) is 11.7. The third kappa shape index (κ3) is 3.66. The summed E-state index contributed by atoms with van der Waals surface area (Å²) in [5.41, 5.74) is 0.843. The number of aromatic amines is 1. The van der Waals surface area contributed by atoms with Crippen LogP contribution in [0.4, 0.5) is 0 Å². The SMILES string of the molecule is O=S(=O)(NCCc1cnc[nH]1)c1cnc(Cl)c(Cl)c1. The molecule has 0 saturated carbocycles. The van der Waals surface area contributed by atoms with Crippen LogP contribution in [0.25, 0.3) is 0 Å². The predicted molar refractivity (Wildman–Crippen MR) is 71.7 cm³/mol. The Balaban J connectivity index is 2.03. The van der Waals surface area contributed by atoms with Crippen LogP contribution in [0.2, 0.25) is 10.2 Å². The Kier molecular flexibility index (Phi) is 4.41. The maximum absolute atomic E-state index is 11.9. The molecule has 102 valence electrons. The molecular formula is C10H10Cl2N4O2S. The van der Waals surface area contributed by atoms with Crippen LogP contribution in [-0.4, -0.2) is 29.9 Å². The first-order valence-electron chi connectivity index (χ1n) is 5.27. The summed E-state index contributed by atoms with van der Waals surface area (Å²) < 4.78 is 26.3. The molecule has 0 spiro atoms. The second kappa shape index (κ2) is 5.87. The monoisotopic (exact) mass is 320 g/mol. The molecule has 2 heterocycles. The molecule has 0 atom stereocenters. The molecule has 2 rings (SSSR count). The smallest absolute Gasteiger partial charge is 0.242 e. The van der Waals surface area contributed by atoms with Crippen LogP contribution in [0.1, 0.15) is 5.69 Å². The number of nitrogens with zero attached hydrogens (tertiary/aromatic N) is 2. The second-order valence-corrected chi connectivity index (χ2v) is 6.20. The number of sulfonamides is 1. The van der Waals surface area contributed by atoms with Crippen LogP contribution in [0, 0.1) is 0 Å². The van der Waals surface area contributed by atoms with Gasteiger partial charge in [0.1, 0.15) is 10.0 Å². The molecule has 0 aliphatic carbocycles. The summed E-state index contributed by atoms with van der Waals surface area (Å²) in [6.07, 6.45) is 4.84. The minimum Gasteiger partial charge on any atom is -0.348 e. The van der Waals surface area contributed by atoms with E-state index in [0.29, 0.717) is 6.42 Å². The van der Waals surface area contributed by atoms with E-state index in [-0.39, 0.29) is 21.6 Å².